The second-order valence-corrected chi connectivity index (χ2v) is 8.27. The van der Waals surface area contributed by atoms with Crippen molar-refractivity contribution in [2.45, 2.75) is 44.6 Å². The molecule has 1 fully saturated rings. The molecular formula is C19H23NO2S. The van der Waals surface area contributed by atoms with Crippen molar-refractivity contribution in [3.8, 4) is 0 Å². The number of rotatable bonds is 3. The van der Waals surface area contributed by atoms with E-state index in [2.05, 4.69) is 13.0 Å². The van der Waals surface area contributed by atoms with Gasteiger partial charge in [0.25, 0.3) is 0 Å². The molecule has 23 heavy (non-hydrogen) atoms. The van der Waals surface area contributed by atoms with Crippen LogP contribution in [0.4, 0.5) is 0 Å². The van der Waals surface area contributed by atoms with Gasteiger partial charge in [-0.2, -0.15) is 4.31 Å². The molecule has 0 saturated carbocycles. The van der Waals surface area contributed by atoms with Crippen molar-refractivity contribution >= 4 is 10.0 Å². The monoisotopic (exact) mass is 329 g/mol. The summed E-state index contributed by atoms with van der Waals surface area (Å²) >= 11 is 0. The van der Waals surface area contributed by atoms with E-state index in [1.165, 1.54) is 0 Å². The molecule has 0 aliphatic carbocycles. The summed E-state index contributed by atoms with van der Waals surface area (Å²) < 4.78 is 27.9. The molecule has 122 valence electrons. The topological polar surface area (TPSA) is 37.4 Å². The SMILES string of the molecule is Cc1ccc(S(=O)(=O)N2CCC[C@H]2c2ccccc2C)cc1C. The van der Waals surface area contributed by atoms with Gasteiger partial charge in [0, 0.05) is 6.54 Å². The van der Waals surface area contributed by atoms with Gasteiger partial charge >= 0.3 is 0 Å². The van der Waals surface area contributed by atoms with Crippen molar-refractivity contribution < 1.29 is 8.42 Å². The number of sulfonamides is 1. The maximum Gasteiger partial charge on any atom is 0.243 e. The van der Waals surface area contributed by atoms with E-state index in [4.69, 9.17) is 0 Å². The Kier molecular flexibility index (Phi) is 4.30. The highest BCUT2D eigenvalue weighted by molar-refractivity contribution is 7.89. The zero-order valence-electron chi connectivity index (χ0n) is 13.9. The number of benzene rings is 2. The highest BCUT2D eigenvalue weighted by Crippen LogP contribution is 2.37. The summed E-state index contributed by atoms with van der Waals surface area (Å²) in [7, 11) is -3.46. The fourth-order valence-corrected chi connectivity index (χ4v) is 5.07. The zero-order chi connectivity index (χ0) is 16.6. The normalized spacial score (nSPS) is 19.2. The highest BCUT2D eigenvalue weighted by Gasteiger charge is 2.36. The molecule has 3 rings (SSSR count). The number of aryl methyl sites for hydroxylation is 3. The summed E-state index contributed by atoms with van der Waals surface area (Å²) in [6.45, 7) is 6.59. The Bertz CT molecular complexity index is 827. The third-order valence-corrected chi connectivity index (χ3v) is 6.74. The fourth-order valence-electron chi connectivity index (χ4n) is 3.31. The van der Waals surface area contributed by atoms with Gasteiger partial charge in [-0.1, -0.05) is 30.3 Å². The average molecular weight is 329 g/mol. The molecule has 3 nitrogen and oxygen atoms in total. The van der Waals surface area contributed by atoms with Crippen LogP contribution in [0.1, 0.15) is 41.1 Å². The molecule has 1 saturated heterocycles. The molecular weight excluding hydrogens is 306 g/mol. The van der Waals surface area contributed by atoms with Gasteiger partial charge < -0.3 is 0 Å². The average Bonchev–Trinajstić information content (AvgIpc) is 3.00. The van der Waals surface area contributed by atoms with E-state index in [1.807, 2.05) is 38.1 Å². The molecule has 0 bridgehead atoms. The van der Waals surface area contributed by atoms with Crippen LogP contribution >= 0.6 is 0 Å². The molecule has 2 aromatic carbocycles. The van der Waals surface area contributed by atoms with Crippen LogP contribution in [0.15, 0.2) is 47.4 Å². The van der Waals surface area contributed by atoms with Gasteiger partial charge in [-0.05, 0) is 68.0 Å². The first-order chi connectivity index (χ1) is 10.9. The van der Waals surface area contributed by atoms with Gasteiger partial charge in [0.15, 0.2) is 0 Å². The van der Waals surface area contributed by atoms with Crippen molar-refractivity contribution in [3.05, 3.63) is 64.7 Å². The second kappa shape index (κ2) is 6.10. The van der Waals surface area contributed by atoms with Crippen molar-refractivity contribution in [1.82, 2.24) is 4.31 Å². The Morgan fingerprint density at radius 2 is 1.70 bits per heavy atom. The summed E-state index contributed by atoms with van der Waals surface area (Å²) in [6.07, 6.45) is 1.79. The van der Waals surface area contributed by atoms with E-state index in [0.717, 1.165) is 35.1 Å². The van der Waals surface area contributed by atoms with E-state index in [1.54, 1.807) is 16.4 Å². The summed E-state index contributed by atoms with van der Waals surface area (Å²) in [6, 6.07) is 13.4. The van der Waals surface area contributed by atoms with Crippen LogP contribution in [0.3, 0.4) is 0 Å². The van der Waals surface area contributed by atoms with E-state index in [9.17, 15) is 8.42 Å². The molecule has 0 radical (unpaired) electrons. The number of hydrogen-bond donors (Lipinski definition) is 0. The standard InChI is InChI=1S/C19H23NO2S/c1-14-10-11-17(13-16(14)3)23(21,22)20-12-6-9-19(20)18-8-5-4-7-15(18)2/h4-5,7-8,10-11,13,19H,6,9,12H2,1-3H3/t19-/m0/s1. The smallest absolute Gasteiger partial charge is 0.207 e. The zero-order valence-corrected chi connectivity index (χ0v) is 14.7. The number of hydrogen-bond acceptors (Lipinski definition) is 2. The van der Waals surface area contributed by atoms with Gasteiger partial charge in [0.2, 0.25) is 10.0 Å². The quantitative estimate of drug-likeness (QED) is 0.849. The van der Waals surface area contributed by atoms with Gasteiger partial charge in [-0.3, -0.25) is 0 Å². The lowest BCUT2D eigenvalue weighted by Crippen LogP contribution is -2.31. The number of nitrogens with zero attached hydrogens (tertiary/aromatic N) is 1. The Morgan fingerprint density at radius 3 is 2.39 bits per heavy atom. The molecule has 4 heteroatoms. The lowest BCUT2D eigenvalue weighted by atomic mass is 10.0. The Hall–Kier alpha value is -1.65. The molecule has 0 N–H and O–H groups in total. The van der Waals surface area contributed by atoms with E-state index >= 15 is 0 Å². The fraction of sp³-hybridized carbons (Fsp3) is 0.368. The molecule has 0 amide bonds. The predicted octanol–water partition coefficient (Wildman–Crippen LogP) is 4.14. The van der Waals surface area contributed by atoms with Crippen LogP contribution in [0.2, 0.25) is 0 Å². The van der Waals surface area contributed by atoms with E-state index < -0.39 is 10.0 Å². The first kappa shape index (κ1) is 16.2. The summed E-state index contributed by atoms with van der Waals surface area (Å²) in [4.78, 5) is 0.404. The summed E-state index contributed by atoms with van der Waals surface area (Å²) in [5, 5.41) is 0. The molecule has 0 spiro atoms. The van der Waals surface area contributed by atoms with Gasteiger partial charge in [0.1, 0.15) is 0 Å². The largest absolute Gasteiger partial charge is 0.243 e. The first-order valence-electron chi connectivity index (χ1n) is 8.06. The van der Waals surface area contributed by atoms with Crippen molar-refractivity contribution in [3.63, 3.8) is 0 Å². The summed E-state index contributed by atoms with van der Waals surface area (Å²) in [5.41, 5.74) is 4.40. The maximum absolute atomic E-state index is 13.1. The minimum absolute atomic E-state index is 0.0530. The van der Waals surface area contributed by atoms with Crippen LogP contribution in [-0.2, 0) is 10.0 Å². The minimum atomic E-state index is -3.46. The molecule has 1 atom stereocenters. The third kappa shape index (κ3) is 2.93. The first-order valence-corrected chi connectivity index (χ1v) is 9.50. The lowest BCUT2D eigenvalue weighted by molar-refractivity contribution is 0.395. The van der Waals surface area contributed by atoms with Crippen LogP contribution < -0.4 is 0 Å². The molecule has 0 unspecified atom stereocenters. The molecule has 1 aliphatic rings. The Balaban J connectivity index is 2.01. The highest BCUT2D eigenvalue weighted by atomic mass is 32.2. The Morgan fingerprint density at radius 1 is 0.957 bits per heavy atom. The molecule has 1 heterocycles. The van der Waals surface area contributed by atoms with E-state index in [0.29, 0.717) is 11.4 Å². The van der Waals surface area contributed by atoms with Crippen molar-refractivity contribution in [1.29, 1.82) is 0 Å². The minimum Gasteiger partial charge on any atom is -0.207 e. The van der Waals surface area contributed by atoms with Crippen molar-refractivity contribution in [2.75, 3.05) is 6.54 Å². The van der Waals surface area contributed by atoms with Crippen LogP contribution in [0, 0.1) is 20.8 Å². The van der Waals surface area contributed by atoms with Crippen molar-refractivity contribution in [2.24, 2.45) is 0 Å². The Labute approximate surface area is 139 Å². The second-order valence-electron chi connectivity index (χ2n) is 6.38. The molecule has 1 aliphatic heterocycles. The lowest BCUT2D eigenvalue weighted by Gasteiger charge is -2.26. The molecule has 2 aromatic rings. The van der Waals surface area contributed by atoms with E-state index in [-0.39, 0.29) is 6.04 Å². The summed E-state index contributed by atoms with van der Waals surface area (Å²) in [5.74, 6) is 0. The van der Waals surface area contributed by atoms with Crippen LogP contribution in [0.5, 0.6) is 0 Å². The van der Waals surface area contributed by atoms with Crippen LogP contribution in [-0.4, -0.2) is 19.3 Å². The van der Waals surface area contributed by atoms with Crippen LogP contribution in [0.25, 0.3) is 0 Å². The van der Waals surface area contributed by atoms with Gasteiger partial charge in [-0.25, -0.2) is 8.42 Å². The predicted molar refractivity (Wildman–Crippen MR) is 93.0 cm³/mol. The van der Waals surface area contributed by atoms with Gasteiger partial charge in [0.05, 0.1) is 10.9 Å². The van der Waals surface area contributed by atoms with Gasteiger partial charge in [-0.15, -0.1) is 0 Å². The maximum atomic E-state index is 13.1. The third-order valence-electron chi connectivity index (χ3n) is 4.84. The molecule has 0 aromatic heterocycles.